The van der Waals surface area contributed by atoms with Crippen LogP contribution in [0.3, 0.4) is 0 Å². The van der Waals surface area contributed by atoms with Crippen molar-refractivity contribution in [1.82, 2.24) is 0 Å². The van der Waals surface area contributed by atoms with E-state index in [4.69, 9.17) is 17.3 Å². The number of ketones is 1. The molecule has 5 nitrogen and oxygen atoms in total. The Hall–Kier alpha value is -3.20. The Labute approximate surface area is 193 Å². The second-order valence-corrected chi connectivity index (χ2v) is 10.1. The van der Waals surface area contributed by atoms with Crippen LogP contribution in [0, 0.1) is 5.82 Å². The van der Waals surface area contributed by atoms with Gasteiger partial charge in [0.2, 0.25) is 15.6 Å². The number of para-hydroxylation sites is 1. The first-order valence-corrected chi connectivity index (χ1v) is 12.0. The molecule has 1 heterocycles. The predicted octanol–water partition coefficient (Wildman–Crippen LogP) is 5.93. The molecule has 4 rings (SSSR count). The lowest BCUT2D eigenvalue weighted by Gasteiger charge is -2.09. The van der Waals surface area contributed by atoms with Gasteiger partial charge < -0.3 is 11.1 Å². The van der Waals surface area contributed by atoms with E-state index in [9.17, 15) is 17.6 Å². The summed E-state index contributed by atoms with van der Waals surface area (Å²) in [5, 5.41) is 3.65. The number of carbonyl (C=O) groups excluding carboxylic acids is 1. The van der Waals surface area contributed by atoms with Gasteiger partial charge in [0, 0.05) is 16.3 Å². The average Bonchev–Trinajstić information content (AvgIpc) is 3.11. The molecule has 1 aromatic heterocycles. The second kappa shape index (κ2) is 8.74. The Kier molecular flexibility index (Phi) is 6.01. The molecule has 0 aliphatic carbocycles. The van der Waals surface area contributed by atoms with Crippen molar-refractivity contribution < 1.29 is 17.6 Å². The Morgan fingerprint density at radius 3 is 2.19 bits per heavy atom. The maximum absolute atomic E-state index is 13.5. The van der Waals surface area contributed by atoms with Gasteiger partial charge in [-0.2, -0.15) is 0 Å². The highest BCUT2D eigenvalue weighted by molar-refractivity contribution is 7.92. The topological polar surface area (TPSA) is 89.3 Å². The van der Waals surface area contributed by atoms with Crippen molar-refractivity contribution in [2.45, 2.75) is 9.79 Å². The molecule has 3 aromatic carbocycles. The van der Waals surface area contributed by atoms with Crippen LogP contribution in [0.2, 0.25) is 5.02 Å². The van der Waals surface area contributed by atoms with Gasteiger partial charge >= 0.3 is 0 Å². The van der Waals surface area contributed by atoms with Crippen LogP contribution < -0.4 is 11.1 Å². The summed E-state index contributed by atoms with van der Waals surface area (Å²) in [4.78, 5) is 12.9. The van der Waals surface area contributed by atoms with E-state index in [-0.39, 0.29) is 30.9 Å². The number of nitrogens with one attached hydrogen (secondary N) is 1. The third kappa shape index (κ3) is 4.25. The molecule has 0 radical (unpaired) electrons. The number of rotatable bonds is 6. The zero-order chi connectivity index (χ0) is 22.9. The predicted molar refractivity (Wildman–Crippen MR) is 125 cm³/mol. The summed E-state index contributed by atoms with van der Waals surface area (Å²) in [5.74, 6) is -0.987. The van der Waals surface area contributed by atoms with Gasteiger partial charge in [-0.3, -0.25) is 4.79 Å². The van der Waals surface area contributed by atoms with Crippen LogP contribution in [-0.2, 0) is 9.84 Å². The largest absolute Gasteiger partial charge is 0.396 e. The fourth-order valence-corrected chi connectivity index (χ4v) is 6.12. The highest BCUT2D eigenvalue weighted by Gasteiger charge is 2.31. The summed E-state index contributed by atoms with van der Waals surface area (Å²) in [6.07, 6.45) is 0. The van der Waals surface area contributed by atoms with Crippen molar-refractivity contribution in [1.29, 1.82) is 0 Å². The summed E-state index contributed by atoms with van der Waals surface area (Å²) >= 11 is 6.83. The van der Waals surface area contributed by atoms with Gasteiger partial charge in [0.25, 0.3) is 0 Å². The molecule has 0 aliphatic heterocycles. The average molecular weight is 487 g/mol. The van der Waals surface area contributed by atoms with Gasteiger partial charge in [0.1, 0.15) is 20.6 Å². The van der Waals surface area contributed by atoms with E-state index < -0.39 is 21.4 Å². The molecule has 0 saturated heterocycles. The number of carbonyl (C=O) groups is 1. The molecule has 0 saturated carbocycles. The third-order valence-corrected chi connectivity index (χ3v) is 7.99. The number of sulfone groups is 1. The van der Waals surface area contributed by atoms with Crippen LogP contribution in [-0.4, -0.2) is 14.2 Å². The summed E-state index contributed by atoms with van der Waals surface area (Å²) in [6.45, 7) is 0. The minimum absolute atomic E-state index is 0.0108. The molecular weight excluding hydrogens is 471 g/mol. The normalized spacial score (nSPS) is 11.3. The Bertz CT molecular complexity index is 1390. The number of hydrogen-bond donors (Lipinski definition) is 2. The monoisotopic (exact) mass is 486 g/mol. The first kappa shape index (κ1) is 22.0. The van der Waals surface area contributed by atoms with Crippen molar-refractivity contribution in [3.05, 3.63) is 100 Å². The minimum atomic E-state index is -4.09. The zero-order valence-electron chi connectivity index (χ0n) is 16.4. The number of anilines is 3. The highest BCUT2D eigenvalue weighted by Crippen LogP contribution is 2.44. The molecule has 0 spiro atoms. The van der Waals surface area contributed by atoms with Crippen LogP contribution in [0.15, 0.2) is 88.7 Å². The van der Waals surface area contributed by atoms with E-state index in [2.05, 4.69) is 5.32 Å². The molecule has 0 bridgehead atoms. The van der Waals surface area contributed by atoms with Gasteiger partial charge in [-0.25, -0.2) is 12.8 Å². The standard InChI is InChI=1S/C23H16ClFN2O3S2/c24-15-8-12-18(13-9-15)32(29,30)22-19(26)21(20(28)14-6-10-16(25)11-7-14)31-23(22)27-17-4-2-1-3-5-17/h1-13,27H,26H2. The molecule has 9 heteroatoms. The molecule has 0 unspecified atom stereocenters. The van der Waals surface area contributed by atoms with E-state index in [0.717, 1.165) is 23.5 Å². The van der Waals surface area contributed by atoms with E-state index in [1.165, 1.54) is 36.4 Å². The fourth-order valence-electron chi connectivity index (χ4n) is 3.06. The van der Waals surface area contributed by atoms with Gasteiger partial charge in [0.05, 0.1) is 10.6 Å². The first-order valence-electron chi connectivity index (χ1n) is 9.32. The summed E-state index contributed by atoms with van der Waals surface area (Å²) < 4.78 is 40.2. The van der Waals surface area contributed by atoms with Crippen molar-refractivity contribution in [3.8, 4) is 0 Å². The smallest absolute Gasteiger partial charge is 0.211 e. The van der Waals surface area contributed by atoms with Crippen molar-refractivity contribution in [2.24, 2.45) is 0 Å². The van der Waals surface area contributed by atoms with Crippen molar-refractivity contribution >= 4 is 54.9 Å². The molecule has 3 N–H and O–H groups in total. The maximum Gasteiger partial charge on any atom is 0.211 e. The van der Waals surface area contributed by atoms with E-state index in [1.807, 2.05) is 6.07 Å². The minimum Gasteiger partial charge on any atom is -0.396 e. The number of nitrogens with two attached hydrogens (primary N) is 1. The van der Waals surface area contributed by atoms with Crippen LogP contribution in [0.4, 0.5) is 20.8 Å². The molecule has 0 fully saturated rings. The van der Waals surface area contributed by atoms with E-state index in [1.54, 1.807) is 24.3 Å². The summed E-state index contributed by atoms with van der Waals surface area (Å²) in [7, 11) is -4.09. The quantitative estimate of drug-likeness (QED) is 0.330. The number of halogens is 2. The van der Waals surface area contributed by atoms with Crippen molar-refractivity contribution in [3.63, 3.8) is 0 Å². The molecule has 4 aromatic rings. The number of hydrogen-bond acceptors (Lipinski definition) is 6. The Morgan fingerprint density at radius 2 is 1.56 bits per heavy atom. The maximum atomic E-state index is 13.5. The van der Waals surface area contributed by atoms with Crippen molar-refractivity contribution in [2.75, 3.05) is 11.1 Å². The summed E-state index contributed by atoms with van der Waals surface area (Å²) in [5.41, 5.74) is 6.90. The Balaban J connectivity index is 1.87. The number of nitrogen functional groups attached to an aromatic ring is 1. The lowest BCUT2D eigenvalue weighted by molar-refractivity contribution is 0.104. The third-order valence-electron chi connectivity index (χ3n) is 4.64. The van der Waals surface area contributed by atoms with Gasteiger partial charge in [0.15, 0.2) is 0 Å². The van der Waals surface area contributed by atoms with Gasteiger partial charge in [-0.05, 0) is 60.7 Å². The van der Waals surface area contributed by atoms with E-state index >= 15 is 0 Å². The Morgan fingerprint density at radius 1 is 0.938 bits per heavy atom. The summed E-state index contributed by atoms with van der Waals surface area (Å²) in [6, 6.07) is 19.6. The lowest BCUT2D eigenvalue weighted by Crippen LogP contribution is -2.08. The van der Waals surface area contributed by atoms with E-state index in [0.29, 0.717) is 10.7 Å². The van der Waals surface area contributed by atoms with Crippen LogP contribution in [0.5, 0.6) is 0 Å². The van der Waals surface area contributed by atoms with Crippen LogP contribution in [0.1, 0.15) is 15.2 Å². The molecular formula is C23H16ClFN2O3S2. The van der Waals surface area contributed by atoms with Crippen LogP contribution >= 0.6 is 22.9 Å². The van der Waals surface area contributed by atoms with Gasteiger partial charge in [-0.15, -0.1) is 11.3 Å². The zero-order valence-corrected chi connectivity index (χ0v) is 18.8. The SMILES string of the molecule is Nc1c(C(=O)c2ccc(F)cc2)sc(Nc2ccccc2)c1S(=O)(=O)c1ccc(Cl)cc1. The number of thiophene rings is 1. The fraction of sp³-hybridized carbons (Fsp3) is 0. The molecule has 0 amide bonds. The molecule has 0 atom stereocenters. The molecule has 32 heavy (non-hydrogen) atoms. The second-order valence-electron chi connectivity index (χ2n) is 6.79. The molecule has 0 aliphatic rings. The highest BCUT2D eigenvalue weighted by atomic mass is 35.5. The lowest BCUT2D eigenvalue weighted by atomic mass is 10.1. The number of benzene rings is 3. The first-order chi connectivity index (χ1) is 15.3. The molecule has 162 valence electrons. The van der Waals surface area contributed by atoms with Crippen LogP contribution in [0.25, 0.3) is 0 Å². The van der Waals surface area contributed by atoms with Gasteiger partial charge in [-0.1, -0.05) is 29.8 Å².